The molecule has 19 heavy (non-hydrogen) atoms. The summed E-state index contributed by atoms with van der Waals surface area (Å²) in [5.74, 6) is 0. The number of nitriles is 1. The lowest BCUT2D eigenvalue weighted by atomic mass is 9.77. The molecule has 0 spiro atoms. The highest BCUT2D eigenvalue weighted by Gasteiger charge is 2.39. The number of nitrogens with zero attached hydrogens (tertiary/aromatic N) is 1. The Balaban J connectivity index is 2.04. The van der Waals surface area contributed by atoms with Crippen molar-refractivity contribution in [2.45, 2.75) is 31.6 Å². The predicted molar refractivity (Wildman–Crippen MR) is 76.9 cm³/mol. The van der Waals surface area contributed by atoms with Crippen LogP contribution in [-0.2, 0) is 18.3 Å². The zero-order valence-corrected chi connectivity index (χ0v) is 11.2. The number of rotatable bonds is 2. The molecule has 3 rings (SSSR count). The topological polar surface area (TPSA) is 23.8 Å². The molecule has 1 unspecified atom stereocenters. The Bertz CT molecular complexity index is 651. The second kappa shape index (κ2) is 4.55. The van der Waals surface area contributed by atoms with Gasteiger partial charge in [0.1, 0.15) is 0 Å². The van der Waals surface area contributed by atoms with Gasteiger partial charge in [-0.15, -0.1) is 0 Å². The molecule has 0 radical (unpaired) electrons. The molecule has 2 aromatic carbocycles. The average molecular weight is 247 g/mol. The van der Waals surface area contributed by atoms with Gasteiger partial charge < -0.3 is 0 Å². The summed E-state index contributed by atoms with van der Waals surface area (Å²) in [7, 11) is 0. The van der Waals surface area contributed by atoms with Gasteiger partial charge in [0.25, 0.3) is 0 Å². The van der Waals surface area contributed by atoms with Crippen LogP contribution in [0.4, 0.5) is 0 Å². The van der Waals surface area contributed by atoms with Gasteiger partial charge in [0, 0.05) is 0 Å². The molecule has 1 aliphatic rings. The van der Waals surface area contributed by atoms with E-state index in [2.05, 4.69) is 55.5 Å². The summed E-state index contributed by atoms with van der Waals surface area (Å²) >= 11 is 0. The second-order valence-electron chi connectivity index (χ2n) is 5.45. The van der Waals surface area contributed by atoms with E-state index in [0.717, 1.165) is 19.3 Å². The molecule has 0 amide bonds. The van der Waals surface area contributed by atoms with Crippen LogP contribution in [0.1, 0.15) is 28.7 Å². The fourth-order valence-corrected chi connectivity index (χ4v) is 3.16. The van der Waals surface area contributed by atoms with E-state index in [4.69, 9.17) is 0 Å². The Morgan fingerprint density at radius 3 is 2.63 bits per heavy atom. The van der Waals surface area contributed by atoms with E-state index in [1.807, 2.05) is 6.07 Å². The van der Waals surface area contributed by atoms with E-state index in [1.54, 1.807) is 0 Å². The molecule has 0 saturated carbocycles. The van der Waals surface area contributed by atoms with Crippen LogP contribution in [0, 0.1) is 18.3 Å². The molecule has 0 heterocycles. The fraction of sp³-hybridized carbons (Fsp3) is 0.278. The Morgan fingerprint density at radius 1 is 1.11 bits per heavy atom. The highest BCUT2D eigenvalue weighted by atomic mass is 14.4. The number of aryl methyl sites for hydroxylation is 2. The fourth-order valence-electron chi connectivity index (χ4n) is 3.16. The van der Waals surface area contributed by atoms with Crippen LogP contribution in [0.5, 0.6) is 0 Å². The van der Waals surface area contributed by atoms with E-state index in [9.17, 15) is 5.26 Å². The first-order valence-electron chi connectivity index (χ1n) is 6.79. The molecule has 1 nitrogen and oxygen atoms in total. The van der Waals surface area contributed by atoms with Gasteiger partial charge in [-0.3, -0.25) is 0 Å². The van der Waals surface area contributed by atoms with E-state index >= 15 is 0 Å². The summed E-state index contributed by atoms with van der Waals surface area (Å²) in [6, 6.07) is 19.4. The summed E-state index contributed by atoms with van der Waals surface area (Å²) in [6.45, 7) is 2.13. The lowest BCUT2D eigenvalue weighted by molar-refractivity contribution is 0.540. The lowest BCUT2D eigenvalue weighted by Gasteiger charge is -2.23. The molecule has 0 N–H and O–H groups in total. The monoisotopic (exact) mass is 247 g/mol. The molecule has 0 fully saturated rings. The molecule has 0 saturated heterocycles. The van der Waals surface area contributed by atoms with Crippen molar-refractivity contribution in [3.05, 3.63) is 70.8 Å². The maximum absolute atomic E-state index is 9.77. The number of hydrogen-bond donors (Lipinski definition) is 0. The molecular weight excluding hydrogens is 230 g/mol. The predicted octanol–water partition coefficient (Wildman–Crippen LogP) is 3.95. The first-order chi connectivity index (χ1) is 9.25. The van der Waals surface area contributed by atoms with Crippen LogP contribution in [-0.4, -0.2) is 0 Å². The van der Waals surface area contributed by atoms with Gasteiger partial charge in [0.05, 0.1) is 11.5 Å². The van der Waals surface area contributed by atoms with E-state index in [0.29, 0.717) is 0 Å². The summed E-state index contributed by atoms with van der Waals surface area (Å²) < 4.78 is 0. The maximum Gasteiger partial charge on any atom is 0.0868 e. The zero-order chi connectivity index (χ0) is 13.3. The van der Waals surface area contributed by atoms with Gasteiger partial charge in [0.2, 0.25) is 0 Å². The van der Waals surface area contributed by atoms with Gasteiger partial charge in [0.15, 0.2) is 0 Å². The molecule has 1 atom stereocenters. The van der Waals surface area contributed by atoms with E-state index < -0.39 is 0 Å². The van der Waals surface area contributed by atoms with Crippen LogP contribution in [0.2, 0.25) is 0 Å². The van der Waals surface area contributed by atoms with Crippen molar-refractivity contribution in [1.29, 1.82) is 5.26 Å². The third-order valence-electron chi connectivity index (χ3n) is 4.32. The van der Waals surface area contributed by atoms with Gasteiger partial charge in [-0.2, -0.15) is 5.26 Å². The van der Waals surface area contributed by atoms with Gasteiger partial charge in [-0.25, -0.2) is 0 Å². The third-order valence-corrected chi connectivity index (χ3v) is 4.32. The third kappa shape index (κ3) is 1.94. The van der Waals surface area contributed by atoms with Gasteiger partial charge in [-0.1, -0.05) is 48.5 Å². The number of fused-ring (bicyclic) bond motifs is 1. The largest absolute Gasteiger partial charge is 0.197 e. The van der Waals surface area contributed by atoms with Crippen LogP contribution < -0.4 is 0 Å². The zero-order valence-electron chi connectivity index (χ0n) is 11.2. The summed E-state index contributed by atoms with van der Waals surface area (Å²) in [4.78, 5) is 0. The number of hydrogen-bond acceptors (Lipinski definition) is 1. The molecule has 0 aromatic heterocycles. The minimum Gasteiger partial charge on any atom is -0.197 e. The molecular formula is C18H17N. The molecule has 1 aliphatic carbocycles. The van der Waals surface area contributed by atoms with Crippen molar-refractivity contribution >= 4 is 0 Å². The summed E-state index contributed by atoms with van der Waals surface area (Å²) in [5, 5.41) is 9.77. The molecule has 2 aromatic rings. The van der Waals surface area contributed by atoms with Crippen molar-refractivity contribution < 1.29 is 0 Å². The van der Waals surface area contributed by atoms with Crippen LogP contribution in [0.15, 0.2) is 48.5 Å². The van der Waals surface area contributed by atoms with Crippen LogP contribution >= 0.6 is 0 Å². The molecule has 0 bridgehead atoms. The minimum absolute atomic E-state index is 0.331. The smallest absolute Gasteiger partial charge is 0.0868 e. The normalized spacial score (nSPS) is 20.8. The maximum atomic E-state index is 9.77. The van der Waals surface area contributed by atoms with Crippen LogP contribution in [0.25, 0.3) is 0 Å². The van der Waals surface area contributed by atoms with Crippen molar-refractivity contribution in [3.63, 3.8) is 0 Å². The second-order valence-corrected chi connectivity index (χ2v) is 5.45. The minimum atomic E-state index is -0.331. The van der Waals surface area contributed by atoms with Gasteiger partial charge in [-0.05, 0) is 48.4 Å². The Morgan fingerprint density at radius 2 is 1.84 bits per heavy atom. The average Bonchev–Trinajstić information content (AvgIpc) is 2.81. The quantitative estimate of drug-likeness (QED) is 0.788. The molecule has 94 valence electrons. The highest BCUT2D eigenvalue weighted by Crippen LogP contribution is 2.41. The first kappa shape index (κ1) is 12.0. The standard InChI is InChI=1S/C18H17N/c1-14-6-2-3-8-16(14)12-18(13-19)11-10-15-7-4-5-9-17(15)18/h2-9H,10-12H2,1H3. The highest BCUT2D eigenvalue weighted by molar-refractivity contribution is 5.46. The molecule has 1 heteroatoms. The van der Waals surface area contributed by atoms with Crippen molar-refractivity contribution in [1.82, 2.24) is 0 Å². The van der Waals surface area contributed by atoms with E-state index in [1.165, 1.54) is 22.3 Å². The van der Waals surface area contributed by atoms with Crippen LogP contribution in [0.3, 0.4) is 0 Å². The summed E-state index contributed by atoms with van der Waals surface area (Å²) in [5.41, 5.74) is 4.82. The van der Waals surface area contributed by atoms with Crippen molar-refractivity contribution in [2.24, 2.45) is 0 Å². The van der Waals surface area contributed by atoms with Crippen molar-refractivity contribution in [3.8, 4) is 6.07 Å². The Labute approximate surface area is 114 Å². The summed E-state index contributed by atoms with van der Waals surface area (Å²) in [6.07, 6.45) is 2.79. The Hall–Kier alpha value is -2.07. The van der Waals surface area contributed by atoms with E-state index in [-0.39, 0.29) is 5.41 Å². The Kier molecular flexibility index (Phi) is 2.87. The van der Waals surface area contributed by atoms with Gasteiger partial charge >= 0.3 is 0 Å². The van der Waals surface area contributed by atoms with Crippen molar-refractivity contribution in [2.75, 3.05) is 0 Å². The molecule has 0 aliphatic heterocycles. The first-order valence-corrected chi connectivity index (χ1v) is 6.79. The lowest BCUT2D eigenvalue weighted by Crippen LogP contribution is -2.24. The number of benzene rings is 2. The SMILES string of the molecule is Cc1ccccc1CC1(C#N)CCc2ccccc21.